The molecule has 6 heteroatoms. The van der Waals surface area contributed by atoms with E-state index >= 15 is 0 Å². The number of thioether (sulfide) groups is 1. The molecule has 0 N–H and O–H groups in total. The average Bonchev–Trinajstić information content (AvgIpc) is 2.72. The van der Waals surface area contributed by atoms with E-state index in [9.17, 15) is 0 Å². The fourth-order valence-electron chi connectivity index (χ4n) is 1.71. The lowest BCUT2D eigenvalue weighted by molar-refractivity contribution is 0.121. The van der Waals surface area contributed by atoms with Crippen LogP contribution in [0.25, 0.3) is 0 Å². The summed E-state index contributed by atoms with van der Waals surface area (Å²) in [7, 11) is 2.04. The van der Waals surface area contributed by atoms with Gasteiger partial charge in [0.25, 0.3) is 0 Å². The van der Waals surface area contributed by atoms with Gasteiger partial charge in [0.05, 0.1) is 13.2 Å². The normalized spacial score (nSPS) is 18.4. The molecule has 0 bridgehead atoms. The lowest BCUT2D eigenvalue weighted by Crippen LogP contribution is -2.37. The molecule has 1 atom stereocenters. The van der Waals surface area contributed by atoms with Crippen molar-refractivity contribution in [2.45, 2.75) is 30.7 Å². The first kappa shape index (κ1) is 12.7. The molecule has 1 aliphatic heterocycles. The third-order valence-electron chi connectivity index (χ3n) is 2.99. The smallest absolute Gasteiger partial charge is 0.227 e. The summed E-state index contributed by atoms with van der Waals surface area (Å²) in [5.74, 6) is 0.958. The molecule has 0 spiro atoms. The van der Waals surface area contributed by atoms with Crippen molar-refractivity contribution >= 4 is 17.7 Å². The standard InChI is InChI=1S/C11H20N4OS/c1-4-9(2)17-11-13-12-10(14(11)3)15-5-7-16-8-6-15/h9H,4-8H2,1-3H3. The van der Waals surface area contributed by atoms with Gasteiger partial charge in [0, 0.05) is 25.4 Å². The highest BCUT2D eigenvalue weighted by atomic mass is 32.2. The first-order chi connectivity index (χ1) is 8.22. The Morgan fingerprint density at radius 2 is 2.06 bits per heavy atom. The van der Waals surface area contributed by atoms with Gasteiger partial charge in [-0.05, 0) is 6.42 Å². The molecule has 17 heavy (non-hydrogen) atoms. The average molecular weight is 256 g/mol. The van der Waals surface area contributed by atoms with Crippen LogP contribution >= 0.6 is 11.8 Å². The lowest BCUT2D eigenvalue weighted by Gasteiger charge is -2.27. The zero-order valence-corrected chi connectivity index (χ0v) is 11.5. The van der Waals surface area contributed by atoms with Gasteiger partial charge in [-0.1, -0.05) is 25.6 Å². The predicted molar refractivity (Wildman–Crippen MR) is 69.6 cm³/mol. The van der Waals surface area contributed by atoms with Crippen LogP contribution in [0.1, 0.15) is 20.3 Å². The Morgan fingerprint density at radius 3 is 2.71 bits per heavy atom. The highest BCUT2D eigenvalue weighted by molar-refractivity contribution is 7.99. The van der Waals surface area contributed by atoms with E-state index in [1.165, 1.54) is 0 Å². The van der Waals surface area contributed by atoms with Crippen LogP contribution in [-0.2, 0) is 11.8 Å². The van der Waals surface area contributed by atoms with Crippen LogP contribution in [0.15, 0.2) is 5.16 Å². The van der Waals surface area contributed by atoms with Crippen LogP contribution in [0.5, 0.6) is 0 Å². The fraction of sp³-hybridized carbons (Fsp3) is 0.818. The third-order valence-corrected chi connectivity index (χ3v) is 4.29. The summed E-state index contributed by atoms with van der Waals surface area (Å²) in [6, 6.07) is 0. The van der Waals surface area contributed by atoms with Crippen molar-refractivity contribution in [3.05, 3.63) is 0 Å². The summed E-state index contributed by atoms with van der Waals surface area (Å²) in [4.78, 5) is 2.23. The minimum absolute atomic E-state index is 0.579. The third kappa shape index (κ3) is 2.93. The van der Waals surface area contributed by atoms with Crippen molar-refractivity contribution in [3.63, 3.8) is 0 Å². The molecular weight excluding hydrogens is 236 g/mol. The topological polar surface area (TPSA) is 43.2 Å². The number of anilines is 1. The van der Waals surface area contributed by atoms with Gasteiger partial charge in [-0.25, -0.2) is 0 Å². The highest BCUT2D eigenvalue weighted by Gasteiger charge is 2.19. The molecule has 1 saturated heterocycles. The number of morpholine rings is 1. The second kappa shape index (κ2) is 5.73. The SMILES string of the molecule is CCC(C)Sc1nnc(N2CCOCC2)n1C. The maximum atomic E-state index is 5.35. The molecule has 1 aromatic heterocycles. The number of aromatic nitrogens is 3. The van der Waals surface area contributed by atoms with E-state index in [4.69, 9.17) is 4.74 Å². The van der Waals surface area contributed by atoms with E-state index < -0.39 is 0 Å². The van der Waals surface area contributed by atoms with Crippen molar-refractivity contribution in [3.8, 4) is 0 Å². The van der Waals surface area contributed by atoms with E-state index in [0.717, 1.165) is 43.8 Å². The van der Waals surface area contributed by atoms with Crippen LogP contribution in [-0.4, -0.2) is 46.3 Å². The van der Waals surface area contributed by atoms with E-state index in [-0.39, 0.29) is 0 Å². The van der Waals surface area contributed by atoms with E-state index in [0.29, 0.717) is 5.25 Å². The Bertz CT molecular complexity index is 362. The highest BCUT2D eigenvalue weighted by Crippen LogP contribution is 2.25. The maximum Gasteiger partial charge on any atom is 0.227 e. The number of ether oxygens (including phenoxy) is 1. The molecular formula is C11H20N4OS. The predicted octanol–water partition coefficient (Wildman–Crippen LogP) is 1.54. The van der Waals surface area contributed by atoms with Gasteiger partial charge in [0.15, 0.2) is 5.16 Å². The Kier molecular flexibility index (Phi) is 4.28. The molecule has 0 aromatic carbocycles. The van der Waals surface area contributed by atoms with Gasteiger partial charge in [-0.15, -0.1) is 10.2 Å². The summed E-state index contributed by atoms with van der Waals surface area (Å²) >= 11 is 1.79. The molecule has 2 heterocycles. The van der Waals surface area contributed by atoms with Crippen LogP contribution in [0.3, 0.4) is 0 Å². The zero-order valence-electron chi connectivity index (χ0n) is 10.7. The summed E-state index contributed by atoms with van der Waals surface area (Å²) < 4.78 is 7.43. The van der Waals surface area contributed by atoms with Crippen molar-refractivity contribution in [1.82, 2.24) is 14.8 Å². The molecule has 1 unspecified atom stereocenters. The Morgan fingerprint density at radius 1 is 1.35 bits per heavy atom. The van der Waals surface area contributed by atoms with Crippen LogP contribution in [0.4, 0.5) is 5.95 Å². The van der Waals surface area contributed by atoms with E-state index in [1.807, 2.05) is 7.05 Å². The van der Waals surface area contributed by atoms with Crippen molar-refractivity contribution in [1.29, 1.82) is 0 Å². The molecule has 0 saturated carbocycles. The van der Waals surface area contributed by atoms with Crippen molar-refractivity contribution in [2.24, 2.45) is 7.05 Å². The fourth-order valence-corrected chi connectivity index (χ4v) is 2.57. The van der Waals surface area contributed by atoms with Crippen molar-refractivity contribution in [2.75, 3.05) is 31.2 Å². The zero-order chi connectivity index (χ0) is 12.3. The van der Waals surface area contributed by atoms with Gasteiger partial charge in [-0.2, -0.15) is 0 Å². The van der Waals surface area contributed by atoms with Gasteiger partial charge < -0.3 is 9.64 Å². The first-order valence-electron chi connectivity index (χ1n) is 6.11. The summed E-state index contributed by atoms with van der Waals surface area (Å²) in [6.07, 6.45) is 1.14. The number of hydrogen-bond donors (Lipinski definition) is 0. The molecule has 1 aromatic rings. The van der Waals surface area contributed by atoms with Gasteiger partial charge in [0.2, 0.25) is 5.95 Å². The second-order valence-electron chi connectivity index (χ2n) is 4.28. The molecule has 96 valence electrons. The number of nitrogens with zero attached hydrogens (tertiary/aromatic N) is 4. The van der Waals surface area contributed by atoms with Gasteiger partial charge >= 0.3 is 0 Å². The van der Waals surface area contributed by atoms with E-state index in [2.05, 4.69) is 33.5 Å². The number of rotatable bonds is 4. The van der Waals surface area contributed by atoms with Gasteiger partial charge in [-0.3, -0.25) is 4.57 Å². The molecule has 0 radical (unpaired) electrons. The largest absolute Gasteiger partial charge is 0.378 e. The van der Waals surface area contributed by atoms with Crippen LogP contribution in [0, 0.1) is 0 Å². The minimum Gasteiger partial charge on any atom is -0.378 e. The van der Waals surface area contributed by atoms with Gasteiger partial charge in [0.1, 0.15) is 0 Å². The number of hydrogen-bond acceptors (Lipinski definition) is 5. The maximum absolute atomic E-state index is 5.35. The monoisotopic (exact) mass is 256 g/mol. The summed E-state index contributed by atoms with van der Waals surface area (Å²) in [5.41, 5.74) is 0. The molecule has 5 nitrogen and oxygen atoms in total. The van der Waals surface area contributed by atoms with E-state index in [1.54, 1.807) is 11.8 Å². The molecule has 0 amide bonds. The summed E-state index contributed by atoms with van der Waals surface area (Å²) in [6.45, 7) is 7.77. The molecule has 1 aliphatic rings. The second-order valence-corrected chi connectivity index (χ2v) is 5.68. The van der Waals surface area contributed by atoms with Crippen LogP contribution in [0.2, 0.25) is 0 Å². The molecule has 1 fully saturated rings. The Balaban J connectivity index is 2.08. The first-order valence-corrected chi connectivity index (χ1v) is 6.99. The van der Waals surface area contributed by atoms with Crippen molar-refractivity contribution < 1.29 is 4.74 Å². The Hall–Kier alpha value is -0.750. The summed E-state index contributed by atoms with van der Waals surface area (Å²) in [5, 5.41) is 10.1. The minimum atomic E-state index is 0.579. The lowest BCUT2D eigenvalue weighted by atomic mass is 10.4. The quantitative estimate of drug-likeness (QED) is 0.765. The molecule has 2 rings (SSSR count). The Labute approximate surface area is 107 Å². The molecule has 0 aliphatic carbocycles. The van der Waals surface area contributed by atoms with Crippen LogP contribution < -0.4 is 4.90 Å².